The molecule has 0 spiro atoms. The summed E-state index contributed by atoms with van der Waals surface area (Å²) in [5.41, 5.74) is 0.0495. The fourth-order valence-electron chi connectivity index (χ4n) is 2.08. The van der Waals surface area contributed by atoms with Gasteiger partial charge in [-0.1, -0.05) is 12.1 Å². The van der Waals surface area contributed by atoms with Crippen LogP contribution in [0, 0.1) is 0 Å². The van der Waals surface area contributed by atoms with E-state index in [1.807, 2.05) is 0 Å². The van der Waals surface area contributed by atoms with E-state index in [9.17, 15) is 18.0 Å². The summed E-state index contributed by atoms with van der Waals surface area (Å²) in [6.45, 7) is 0. The lowest BCUT2D eigenvalue weighted by molar-refractivity contribution is -0.137. The van der Waals surface area contributed by atoms with Gasteiger partial charge in [-0.15, -0.1) is 0 Å². The van der Waals surface area contributed by atoms with Crippen LogP contribution in [0.15, 0.2) is 36.5 Å². The number of hydrogen-bond acceptors (Lipinski definition) is 4. The largest absolute Gasteiger partial charge is 0.417 e. The van der Waals surface area contributed by atoms with E-state index in [1.54, 1.807) is 45.2 Å². The number of ether oxygens (including phenoxy) is 1. The third kappa shape index (κ3) is 4.40. The molecule has 8 heteroatoms. The van der Waals surface area contributed by atoms with Crippen molar-refractivity contribution in [3.8, 4) is 16.9 Å². The quantitative estimate of drug-likeness (QED) is 0.840. The molecular weight excluding hydrogens is 335 g/mol. The molecule has 1 aromatic carbocycles. The third-order valence-corrected chi connectivity index (χ3v) is 3.35. The normalized spacial score (nSPS) is 11.2. The monoisotopic (exact) mass is 353 g/mol. The first-order chi connectivity index (χ1) is 11.6. The van der Waals surface area contributed by atoms with Gasteiger partial charge in [0.1, 0.15) is 11.6 Å². The van der Waals surface area contributed by atoms with Crippen molar-refractivity contribution >= 4 is 11.9 Å². The second kappa shape index (κ2) is 7.00. The Balaban J connectivity index is 2.41. The van der Waals surface area contributed by atoms with Crippen molar-refractivity contribution in [2.24, 2.45) is 0 Å². The minimum absolute atomic E-state index is 0.300. The molecule has 2 rings (SSSR count). The van der Waals surface area contributed by atoms with Gasteiger partial charge < -0.3 is 14.5 Å². The first-order valence-electron chi connectivity index (χ1n) is 7.33. The average molecular weight is 353 g/mol. The molecule has 0 saturated heterocycles. The van der Waals surface area contributed by atoms with Crippen LogP contribution in [0.2, 0.25) is 0 Å². The fraction of sp³-hybridized carbons (Fsp3) is 0.294. The van der Waals surface area contributed by atoms with Crippen LogP contribution in [0.5, 0.6) is 5.75 Å². The summed E-state index contributed by atoms with van der Waals surface area (Å²) in [7, 11) is 6.50. The van der Waals surface area contributed by atoms with Gasteiger partial charge >= 0.3 is 12.3 Å². The zero-order valence-corrected chi connectivity index (χ0v) is 14.3. The van der Waals surface area contributed by atoms with E-state index in [0.29, 0.717) is 22.7 Å². The van der Waals surface area contributed by atoms with Gasteiger partial charge in [0.2, 0.25) is 0 Å². The van der Waals surface area contributed by atoms with Crippen molar-refractivity contribution < 1.29 is 22.7 Å². The molecule has 0 saturated carbocycles. The second-order valence-electron chi connectivity index (χ2n) is 5.77. The number of aromatic nitrogens is 1. The van der Waals surface area contributed by atoms with Gasteiger partial charge in [-0.2, -0.15) is 13.2 Å². The number of hydrogen-bond donors (Lipinski definition) is 0. The van der Waals surface area contributed by atoms with Crippen molar-refractivity contribution in [2.75, 3.05) is 33.1 Å². The van der Waals surface area contributed by atoms with Crippen molar-refractivity contribution in [3.05, 3.63) is 42.1 Å². The van der Waals surface area contributed by atoms with Crippen LogP contribution in [0.4, 0.5) is 23.8 Å². The third-order valence-electron chi connectivity index (χ3n) is 3.35. The number of nitrogens with zero attached hydrogens (tertiary/aromatic N) is 3. The Morgan fingerprint density at radius 2 is 1.68 bits per heavy atom. The predicted octanol–water partition coefficient (Wildman–Crippen LogP) is 3.89. The van der Waals surface area contributed by atoms with Crippen LogP contribution in [-0.2, 0) is 6.18 Å². The van der Waals surface area contributed by atoms with E-state index in [-0.39, 0.29) is 0 Å². The smallest absolute Gasteiger partial charge is 0.410 e. The van der Waals surface area contributed by atoms with E-state index in [4.69, 9.17) is 4.74 Å². The SMILES string of the molecule is CN(C)C(=O)Oc1ccc(-c2cc(C(F)(F)F)cnc2N(C)C)cc1. The highest BCUT2D eigenvalue weighted by Crippen LogP contribution is 2.36. The Morgan fingerprint density at radius 3 is 2.16 bits per heavy atom. The summed E-state index contributed by atoms with van der Waals surface area (Å²) in [6, 6.07) is 7.28. The number of carbonyl (C=O) groups is 1. The lowest BCUT2D eigenvalue weighted by Crippen LogP contribution is -2.25. The number of anilines is 1. The Bertz CT molecular complexity index is 757. The van der Waals surface area contributed by atoms with Gasteiger partial charge in [-0.25, -0.2) is 9.78 Å². The van der Waals surface area contributed by atoms with Crippen LogP contribution < -0.4 is 9.64 Å². The number of alkyl halides is 3. The van der Waals surface area contributed by atoms with Gasteiger partial charge in [-0.05, 0) is 23.8 Å². The van der Waals surface area contributed by atoms with Crippen LogP contribution >= 0.6 is 0 Å². The highest BCUT2D eigenvalue weighted by molar-refractivity contribution is 5.77. The maximum absolute atomic E-state index is 13.0. The molecule has 0 aliphatic heterocycles. The summed E-state index contributed by atoms with van der Waals surface area (Å²) in [5.74, 6) is 0.708. The number of halogens is 3. The second-order valence-corrected chi connectivity index (χ2v) is 5.77. The number of pyridine rings is 1. The summed E-state index contributed by atoms with van der Waals surface area (Å²) in [6.07, 6.45) is -4.21. The predicted molar refractivity (Wildman–Crippen MR) is 88.7 cm³/mol. The number of carbonyl (C=O) groups excluding carboxylic acids is 1. The first kappa shape index (κ1) is 18.6. The molecule has 0 N–H and O–H groups in total. The number of benzene rings is 1. The van der Waals surface area contributed by atoms with Crippen LogP contribution in [0.1, 0.15) is 5.56 Å². The summed E-state index contributed by atoms with van der Waals surface area (Å²) in [5, 5.41) is 0. The van der Waals surface area contributed by atoms with Crippen molar-refractivity contribution in [3.63, 3.8) is 0 Å². The van der Waals surface area contributed by atoms with Crippen molar-refractivity contribution in [1.82, 2.24) is 9.88 Å². The molecule has 1 heterocycles. The van der Waals surface area contributed by atoms with Gasteiger partial charge in [0.15, 0.2) is 0 Å². The molecule has 0 aliphatic carbocycles. The standard InChI is InChI=1S/C17H18F3N3O2/c1-22(2)15-14(9-12(10-21-15)17(18,19)20)11-5-7-13(8-6-11)25-16(24)23(3)4/h5-10H,1-4H3. The average Bonchev–Trinajstić information content (AvgIpc) is 2.54. The van der Waals surface area contributed by atoms with E-state index in [1.165, 1.54) is 17.0 Å². The maximum Gasteiger partial charge on any atom is 0.417 e. The molecule has 0 unspecified atom stereocenters. The molecule has 0 atom stereocenters. The van der Waals surface area contributed by atoms with Crippen molar-refractivity contribution in [1.29, 1.82) is 0 Å². The minimum Gasteiger partial charge on any atom is -0.410 e. The highest BCUT2D eigenvalue weighted by atomic mass is 19.4. The molecule has 0 radical (unpaired) electrons. The first-order valence-corrected chi connectivity index (χ1v) is 7.33. The maximum atomic E-state index is 13.0. The molecule has 1 aromatic heterocycles. The summed E-state index contributed by atoms with van der Waals surface area (Å²) >= 11 is 0. The molecule has 134 valence electrons. The molecular formula is C17H18F3N3O2. The topological polar surface area (TPSA) is 45.7 Å². The van der Waals surface area contributed by atoms with Gasteiger partial charge in [0, 0.05) is 40.0 Å². The minimum atomic E-state index is -4.48. The van der Waals surface area contributed by atoms with Gasteiger partial charge in [-0.3, -0.25) is 0 Å². The summed E-state index contributed by atoms with van der Waals surface area (Å²) in [4.78, 5) is 18.4. The molecule has 0 fully saturated rings. The number of amides is 1. The van der Waals surface area contributed by atoms with E-state index in [0.717, 1.165) is 12.3 Å². The van der Waals surface area contributed by atoms with Crippen LogP contribution in [-0.4, -0.2) is 44.2 Å². The van der Waals surface area contributed by atoms with Gasteiger partial charge in [0.05, 0.1) is 5.56 Å². The lowest BCUT2D eigenvalue weighted by atomic mass is 10.0. The molecule has 2 aromatic rings. The highest BCUT2D eigenvalue weighted by Gasteiger charge is 2.32. The zero-order valence-electron chi connectivity index (χ0n) is 14.3. The van der Waals surface area contributed by atoms with Gasteiger partial charge in [0.25, 0.3) is 0 Å². The molecule has 1 amide bonds. The molecule has 25 heavy (non-hydrogen) atoms. The van der Waals surface area contributed by atoms with E-state index < -0.39 is 17.8 Å². The fourth-order valence-corrected chi connectivity index (χ4v) is 2.08. The Hall–Kier alpha value is -2.77. The van der Waals surface area contributed by atoms with Crippen LogP contribution in [0.3, 0.4) is 0 Å². The summed E-state index contributed by atoms with van der Waals surface area (Å²) < 4.78 is 44.1. The Kier molecular flexibility index (Phi) is 5.20. The van der Waals surface area contributed by atoms with E-state index >= 15 is 0 Å². The molecule has 5 nitrogen and oxygen atoms in total. The molecule has 0 aliphatic rings. The number of rotatable bonds is 3. The van der Waals surface area contributed by atoms with Crippen molar-refractivity contribution in [2.45, 2.75) is 6.18 Å². The van der Waals surface area contributed by atoms with E-state index in [2.05, 4.69) is 4.98 Å². The Labute approximate surface area is 143 Å². The Morgan fingerprint density at radius 1 is 1.08 bits per heavy atom. The zero-order chi connectivity index (χ0) is 18.8. The lowest BCUT2D eigenvalue weighted by Gasteiger charge is -2.18. The molecule has 0 bridgehead atoms. The van der Waals surface area contributed by atoms with Crippen LogP contribution in [0.25, 0.3) is 11.1 Å².